The van der Waals surface area contributed by atoms with Crippen LogP contribution in [0.25, 0.3) is 0 Å². The molecule has 8 nitrogen and oxygen atoms in total. The number of rotatable bonds is 49. The van der Waals surface area contributed by atoms with Crippen LogP contribution < -0.4 is 5.32 Å². The number of carbonyl (C=O) groups excluding carboxylic acids is 1. The minimum absolute atomic E-state index is 0.0789. The van der Waals surface area contributed by atoms with E-state index in [9.17, 15) is 19.4 Å². The number of phosphoric acid groups is 1. The van der Waals surface area contributed by atoms with Crippen molar-refractivity contribution < 1.29 is 32.9 Å². The molecule has 0 saturated heterocycles. The van der Waals surface area contributed by atoms with Gasteiger partial charge in [0, 0.05) is 6.42 Å². The summed E-state index contributed by atoms with van der Waals surface area (Å²) >= 11 is 0. The van der Waals surface area contributed by atoms with Gasteiger partial charge in [0.25, 0.3) is 0 Å². The number of hydrogen-bond acceptors (Lipinski definition) is 5. The van der Waals surface area contributed by atoms with Crippen LogP contribution in [0.15, 0.2) is 0 Å². The lowest BCUT2D eigenvalue weighted by Crippen LogP contribution is -2.46. The van der Waals surface area contributed by atoms with Gasteiger partial charge in [-0.05, 0) is 12.8 Å². The van der Waals surface area contributed by atoms with Crippen molar-refractivity contribution >= 4 is 13.7 Å². The summed E-state index contributed by atoms with van der Waals surface area (Å²) < 4.78 is 23.7. The summed E-state index contributed by atoms with van der Waals surface area (Å²) in [5, 5.41) is 14.0. The van der Waals surface area contributed by atoms with E-state index in [0.29, 0.717) is 23.9 Å². The first kappa shape index (κ1) is 59.5. The molecule has 1 amide bonds. The third-order valence-corrected chi connectivity index (χ3v) is 13.3. The largest absolute Gasteiger partial charge is 0.472 e. The lowest BCUT2D eigenvalue weighted by atomic mass is 10.0. The third kappa shape index (κ3) is 45.5. The van der Waals surface area contributed by atoms with Gasteiger partial charge >= 0.3 is 7.82 Å². The fourth-order valence-electron chi connectivity index (χ4n) is 8.17. The first-order valence-electron chi connectivity index (χ1n) is 26.4. The van der Waals surface area contributed by atoms with Crippen LogP contribution in [0.1, 0.15) is 271 Å². The third-order valence-electron chi connectivity index (χ3n) is 12.4. The van der Waals surface area contributed by atoms with Gasteiger partial charge in [-0.2, -0.15) is 0 Å². The van der Waals surface area contributed by atoms with Crippen molar-refractivity contribution in [2.24, 2.45) is 0 Å². The molecule has 0 radical (unpaired) electrons. The van der Waals surface area contributed by atoms with Crippen LogP contribution in [0.3, 0.4) is 0 Å². The van der Waals surface area contributed by atoms with Crippen LogP contribution in [-0.2, 0) is 18.4 Å². The van der Waals surface area contributed by atoms with E-state index in [0.717, 1.165) is 38.5 Å². The van der Waals surface area contributed by atoms with Crippen molar-refractivity contribution in [3.63, 3.8) is 0 Å². The second kappa shape index (κ2) is 43.7. The summed E-state index contributed by atoms with van der Waals surface area (Å²) in [4.78, 5) is 23.3. The molecule has 0 fully saturated rings. The van der Waals surface area contributed by atoms with Crippen LogP contribution in [0, 0.1) is 0 Å². The number of aliphatic hydroxyl groups is 1. The second-order valence-electron chi connectivity index (χ2n) is 19.6. The molecular formula is C51H106N2O6P+. The summed E-state index contributed by atoms with van der Waals surface area (Å²) in [5.41, 5.74) is 0. The predicted octanol–water partition coefficient (Wildman–Crippen LogP) is 15.3. The van der Waals surface area contributed by atoms with Crippen molar-refractivity contribution in [1.29, 1.82) is 0 Å². The number of nitrogens with one attached hydrogen (secondary N) is 1. The molecule has 60 heavy (non-hydrogen) atoms. The van der Waals surface area contributed by atoms with Gasteiger partial charge in [-0.1, -0.05) is 251 Å². The van der Waals surface area contributed by atoms with Gasteiger partial charge in [-0.3, -0.25) is 13.8 Å². The Balaban J connectivity index is 4.15. The molecular weight excluding hydrogens is 768 g/mol. The Morgan fingerprint density at radius 1 is 0.500 bits per heavy atom. The van der Waals surface area contributed by atoms with Crippen LogP contribution in [0.5, 0.6) is 0 Å². The van der Waals surface area contributed by atoms with E-state index in [1.54, 1.807) is 0 Å². The van der Waals surface area contributed by atoms with Gasteiger partial charge in [0.1, 0.15) is 13.2 Å². The molecule has 0 aliphatic carbocycles. The van der Waals surface area contributed by atoms with Crippen molar-refractivity contribution in [3.05, 3.63) is 0 Å². The number of carbonyl (C=O) groups is 1. The summed E-state index contributed by atoms with van der Waals surface area (Å²) in [7, 11) is 1.63. The molecule has 0 aliphatic rings. The Hall–Kier alpha value is -0.500. The average molecular weight is 874 g/mol. The average Bonchev–Trinajstić information content (AvgIpc) is 3.20. The van der Waals surface area contributed by atoms with E-state index < -0.39 is 20.0 Å². The van der Waals surface area contributed by atoms with E-state index in [-0.39, 0.29) is 19.1 Å². The second-order valence-corrected chi connectivity index (χ2v) is 21.1. The van der Waals surface area contributed by atoms with Gasteiger partial charge < -0.3 is 19.8 Å². The molecule has 0 spiro atoms. The molecule has 3 atom stereocenters. The zero-order valence-corrected chi connectivity index (χ0v) is 41.9. The molecule has 0 aromatic rings. The number of amides is 1. The minimum atomic E-state index is -4.31. The molecule has 0 bridgehead atoms. The van der Waals surface area contributed by atoms with E-state index in [2.05, 4.69) is 19.2 Å². The van der Waals surface area contributed by atoms with Crippen LogP contribution in [0.4, 0.5) is 0 Å². The zero-order chi connectivity index (χ0) is 44.3. The smallest absolute Gasteiger partial charge is 0.391 e. The summed E-state index contributed by atoms with van der Waals surface area (Å²) in [6.45, 7) is 4.93. The highest BCUT2D eigenvalue weighted by Gasteiger charge is 2.28. The molecule has 9 heteroatoms. The Morgan fingerprint density at radius 2 is 0.800 bits per heavy atom. The number of aliphatic hydroxyl groups excluding tert-OH is 1. The van der Waals surface area contributed by atoms with Gasteiger partial charge in [0.2, 0.25) is 5.91 Å². The number of phosphoric ester groups is 1. The first-order valence-corrected chi connectivity index (χ1v) is 27.9. The quantitative estimate of drug-likeness (QED) is 0.0319. The lowest BCUT2D eigenvalue weighted by molar-refractivity contribution is -0.870. The van der Waals surface area contributed by atoms with Gasteiger partial charge in [-0.25, -0.2) is 4.57 Å². The molecule has 0 aromatic heterocycles. The van der Waals surface area contributed by atoms with E-state index in [1.807, 2.05) is 21.1 Å². The molecule has 0 saturated carbocycles. The topological polar surface area (TPSA) is 105 Å². The molecule has 0 rings (SSSR count). The fraction of sp³-hybridized carbons (Fsp3) is 0.980. The standard InChI is InChI=1S/C51H105N2O6P/c1-6-8-10-12-14-16-18-20-22-23-24-25-26-27-28-29-31-33-35-37-39-41-43-45-51(55)52-49(48-59-60(56,57)58-47-46-53(3,4)5)50(54)44-42-40-38-36-34-32-30-21-19-17-15-13-11-9-7-2/h49-50,54H,6-48H2,1-5H3,(H-,52,55,56,57)/p+1. The Morgan fingerprint density at radius 3 is 1.12 bits per heavy atom. The van der Waals surface area contributed by atoms with Crippen molar-refractivity contribution in [2.45, 2.75) is 283 Å². The number of nitrogens with zero attached hydrogens (tertiary/aromatic N) is 1. The Labute approximate surface area is 374 Å². The summed E-state index contributed by atoms with van der Waals surface area (Å²) in [6, 6.07) is -0.754. The summed E-state index contributed by atoms with van der Waals surface area (Å²) in [5.74, 6) is -0.138. The maximum absolute atomic E-state index is 13.0. The molecule has 0 aromatic carbocycles. The summed E-state index contributed by atoms with van der Waals surface area (Å²) in [6.07, 6.45) is 50.0. The SMILES string of the molecule is CCCCCCCCCCCCCCCCCCCCCCCCCC(=O)NC(COP(=O)(O)OCC[N+](C)(C)C)C(O)CCCCCCCCCCCCCCCCC. The first-order chi connectivity index (χ1) is 29.0. The number of unbranched alkanes of at least 4 members (excludes halogenated alkanes) is 36. The molecule has 0 heterocycles. The lowest BCUT2D eigenvalue weighted by Gasteiger charge is -2.26. The van der Waals surface area contributed by atoms with E-state index in [1.165, 1.54) is 205 Å². The van der Waals surface area contributed by atoms with Crippen LogP contribution in [-0.4, -0.2) is 73.4 Å². The van der Waals surface area contributed by atoms with E-state index in [4.69, 9.17) is 9.05 Å². The Bertz CT molecular complexity index is 947. The molecule has 3 unspecified atom stereocenters. The highest BCUT2D eigenvalue weighted by Crippen LogP contribution is 2.43. The highest BCUT2D eigenvalue weighted by atomic mass is 31.2. The van der Waals surface area contributed by atoms with Crippen LogP contribution in [0.2, 0.25) is 0 Å². The monoisotopic (exact) mass is 874 g/mol. The molecule has 3 N–H and O–H groups in total. The zero-order valence-electron chi connectivity index (χ0n) is 41.0. The van der Waals surface area contributed by atoms with Gasteiger partial charge in [0.05, 0.1) is 39.9 Å². The van der Waals surface area contributed by atoms with Crippen molar-refractivity contribution in [2.75, 3.05) is 40.9 Å². The number of quaternary nitrogens is 1. The van der Waals surface area contributed by atoms with Crippen molar-refractivity contribution in [3.8, 4) is 0 Å². The highest BCUT2D eigenvalue weighted by molar-refractivity contribution is 7.47. The maximum atomic E-state index is 13.0. The maximum Gasteiger partial charge on any atom is 0.472 e. The van der Waals surface area contributed by atoms with Gasteiger partial charge in [-0.15, -0.1) is 0 Å². The Kier molecular flexibility index (Phi) is 43.4. The fourth-order valence-corrected chi connectivity index (χ4v) is 8.90. The van der Waals surface area contributed by atoms with E-state index >= 15 is 0 Å². The van der Waals surface area contributed by atoms with Crippen molar-refractivity contribution in [1.82, 2.24) is 5.32 Å². The van der Waals surface area contributed by atoms with Gasteiger partial charge in [0.15, 0.2) is 0 Å². The molecule has 0 aliphatic heterocycles. The normalized spacial score (nSPS) is 14.1. The molecule has 360 valence electrons. The number of hydrogen-bond donors (Lipinski definition) is 3. The number of likely N-dealkylation sites (N-methyl/N-ethyl adjacent to an activating group) is 1. The predicted molar refractivity (Wildman–Crippen MR) is 259 cm³/mol. The van der Waals surface area contributed by atoms with Crippen LogP contribution >= 0.6 is 7.82 Å². The minimum Gasteiger partial charge on any atom is -0.391 e.